The third-order valence-electron chi connectivity index (χ3n) is 3.23. The zero-order valence-corrected chi connectivity index (χ0v) is 12.3. The molecule has 0 heterocycles. The van der Waals surface area contributed by atoms with Crippen LogP contribution in [0.5, 0.6) is 5.75 Å². The Morgan fingerprint density at radius 2 is 1.70 bits per heavy atom. The fraction of sp³-hybridized carbons (Fsp3) is 0.353. The molecule has 2 aromatic carbocycles. The first kappa shape index (κ1) is 14.4. The molecule has 0 saturated heterocycles. The largest absolute Gasteiger partial charge is 0.489 e. The third kappa shape index (κ3) is 2.62. The molecule has 106 valence electrons. The molecule has 0 amide bonds. The fourth-order valence-electron chi connectivity index (χ4n) is 2.38. The van der Waals surface area contributed by atoms with Crippen LogP contribution in [0.1, 0.15) is 49.5 Å². The first-order chi connectivity index (χ1) is 9.41. The quantitative estimate of drug-likeness (QED) is 0.894. The number of hydrogen-bond donors (Lipinski definition) is 1. The van der Waals surface area contributed by atoms with E-state index in [4.69, 9.17) is 4.74 Å². The summed E-state index contributed by atoms with van der Waals surface area (Å²) in [6, 6.07) is 9.56. The second-order valence-corrected chi connectivity index (χ2v) is 5.51. The normalized spacial score (nSPS) is 11.3. The highest BCUT2D eigenvalue weighted by Crippen LogP contribution is 2.36. The molecular weight excluding hydrogens is 252 g/mol. The van der Waals surface area contributed by atoms with Crippen molar-refractivity contribution in [2.24, 2.45) is 0 Å². The molecular formula is C17H20O3. The van der Waals surface area contributed by atoms with Crippen molar-refractivity contribution in [1.82, 2.24) is 0 Å². The Morgan fingerprint density at radius 3 is 2.20 bits per heavy atom. The zero-order valence-electron chi connectivity index (χ0n) is 12.3. The summed E-state index contributed by atoms with van der Waals surface area (Å²) in [4.78, 5) is 11.5. The highest BCUT2D eigenvalue weighted by molar-refractivity contribution is 6.02. The highest BCUT2D eigenvalue weighted by Gasteiger charge is 2.20. The van der Waals surface area contributed by atoms with Gasteiger partial charge in [0.15, 0.2) is 0 Å². The predicted molar refractivity (Wildman–Crippen MR) is 80.8 cm³/mol. The van der Waals surface area contributed by atoms with E-state index in [2.05, 4.69) is 13.8 Å². The van der Waals surface area contributed by atoms with Crippen LogP contribution in [0.25, 0.3) is 10.8 Å². The van der Waals surface area contributed by atoms with Crippen LogP contribution in [0, 0.1) is 0 Å². The van der Waals surface area contributed by atoms with Gasteiger partial charge < -0.3 is 9.84 Å². The van der Waals surface area contributed by atoms with Gasteiger partial charge in [-0.3, -0.25) is 0 Å². The maximum atomic E-state index is 11.5. The molecule has 0 aromatic heterocycles. The smallest absolute Gasteiger partial charge is 0.339 e. The Kier molecular flexibility index (Phi) is 3.98. The molecule has 0 fully saturated rings. The summed E-state index contributed by atoms with van der Waals surface area (Å²) in [5.74, 6) is -0.230. The molecule has 0 unspecified atom stereocenters. The summed E-state index contributed by atoms with van der Waals surface area (Å²) in [5, 5.41) is 11.4. The van der Waals surface area contributed by atoms with Gasteiger partial charge in [-0.2, -0.15) is 0 Å². The van der Waals surface area contributed by atoms with Gasteiger partial charge in [-0.15, -0.1) is 0 Å². The van der Waals surface area contributed by atoms with E-state index >= 15 is 0 Å². The van der Waals surface area contributed by atoms with E-state index < -0.39 is 5.97 Å². The Balaban J connectivity index is 2.83. The minimum Gasteiger partial charge on any atom is -0.489 e. The van der Waals surface area contributed by atoms with Gasteiger partial charge in [-0.05, 0) is 36.8 Å². The van der Waals surface area contributed by atoms with Crippen molar-refractivity contribution in [2.45, 2.75) is 39.7 Å². The summed E-state index contributed by atoms with van der Waals surface area (Å²) in [6.07, 6.45) is -0.0681. The molecule has 1 N–H and O–H groups in total. The number of carbonyl (C=O) groups is 1. The molecule has 0 saturated carbocycles. The Morgan fingerprint density at radius 1 is 1.10 bits per heavy atom. The van der Waals surface area contributed by atoms with Crippen LogP contribution in [0.15, 0.2) is 30.3 Å². The van der Waals surface area contributed by atoms with Crippen LogP contribution in [0.4, 0.5) is 0 Å². The van der Waals surface area contributed by atoms with E-state index in [1.165, 1.54) is 0 Å². The summed E-state index contributed by atoms with van der Waals surface area (Å²) < 4.78 is 5.77. The number of carboxylic acids is 1. The van der Waals surface area contributed by atoms with Crippen molar-refractivity contribution >= 4 is 16.7 Å². The monoisotopic (exact) mass is 272 g/mol. The van der Waals surface area contributed by atoms with Crippen molar-refractivity contribution < 1.29 is 14.6 Å². The average Bonchev–Trinajstić information content (AvgIpc) is 2.37. The lowest BCUT2D eigenvalue weighted by atomic mass is 9.92. The van der Waals surface area contributed by atoms with Crippen LogP contribution in [0.2, 0.25) is 0 Å². The number of hydrogen-bond acceptors (Lipinski definition) is 2. The average molecular weight is 272 g/mol. The van der Waals surface area contributed by atoms with Crippen LogP contribution in [-0.2, 0) is 0 Å². The van der Waals surface area contributed by atoms with Crippen molar-refractivity contribution in [3.8, 4) is 5.75 Å². The van der Waals surface area contributed by atoms with Gasteiger partial charge in [0.25, 0.3) is 0 Å². The molecule has 2 rings (SSSR count). The summed E-state index contributed by atoms with van der Waals surface area (Å²) in [7, 11) is 0. The number of fused-ring (bicyclic) bond motifs is 1. The summed E-state index contributed by atoms with van der Waals surface area (Å²) in [6.45, 7) is 7.93. The molecule has 3 heteroatoms. The lowest BCUT2D eigenvalue weighted by Crippen LogP contribution is -2.11. The Hall–Kier alpha value is -2.03. The van der Waals surface area contributed by atoms with E-state index in [1.54, 1.807) is 6.07 Å². The van der Waals surface area contributed by atoms with Crippen LogP contribution >= 0.6 is 0 Å². The van der Waals surface area contributed by atoms with E-state index in [0.29, 0.717) is 5.75 Å². The minimum atomic E-state index is -0.951. The SMILES string of the molecule is CC(C)Oc1c(C(=O)O)cc(C(C)C)c2ccccc12. The minimum absolute atomic E-state index is 0.0681. The second kappa shape index (κ2) is 5.53. The summed E-state index contributed by atoms with van der Waals surface area (Å²) >= 11 is 0. The van der Waals surface area contributed by atoms with E-state index in [-0.39, 0.29) is 17.6 Å². The van der Waals surface area contributed by atoms with Crippen LogP contribution in [0.3, 0.4) is 0 Å². The van der Waals surface area contributed by atoms with Crippen molar-refractivity contribution in [2.75, 3.05) is 0 Å². The first-order valence-corrected chi connectivity index (χ1v) is 6.87. The van der Waals surface area contributed by atoms with Gasteiger partial charge >= 0.3 is 5.97 Å². The van der Waals surface area contributed by atoms with Crippen molar-refractivity contribution in [3.05, 3.63) is 41.5 Å². The lowest BCUT2D eigenvalue weighted by molar-refractivity contribution is 0.0691. The number of benzene rings is 2. The zero-order chi connectivity index (χ0) is 14.9. The van der Waals surface area contributed by atoms with Crippen LogP contribution < -0.4 is 4.74 Å². The standard InChI is InChI=1S/C17H20O3/c1-10(2)14-9-15(17(18)19)16(20-11(3)4)13-8-6-5-7-12(13)14/h5-11H,1-4H3,(H,18,19). The molecule has 0 radical (unpaired) electrons. The molecule has 20 heavy (non-hydrogen) atoms. The molecule has 0 aliphatic heterocycles. The van der Waals surface area contributed by atoms with E-state index in [1.807, 2.05) is 38.1 Å². The third-order valence-corrected chi connectivity index (χ3v) is 3.23. The number of ether oxygens (including phenoxy) is 1. The fourth-order valence-corrected chi connectivity index (χ4v) is 2.38. The van der Waals surface area contributed by atoms with Gasteiger partial charge in [0.05, 0.1) is 6.10 Å². The molecule has 3 nitrogen and oxygen atoms in total. The molecule has 0 bridgehead atoms. The van der Waals surface area contributed by atoms with Gasteiger partial charge in [0.1, 0.15) is 11.3 Å². The molecule has 0 aliphatic carbocycles. The Labute approximate surface area is 119 Å². The summed E-state index contributed by atoms with van der Waals surface area (Å²) in [5.41, 5.74) is 1.27. The first-order valence-electron chi connectivity index (χ1n) is 6.87. The van der Waals surface area contributed by atoms with Crippen molar-refractivity contribution in [3.63, 3.8) is 0 Å². The maximum Gasteiger partial charge on any atom is 0.339 e. The van der Waals surface area contributed by atoms with Crippen molar-refractivity contribution in [1.29, 1.82) is 0 Å². The Bertz CT molecular complexity index is 642. The molecule has 0 atom stereocenters. The highest BCUT2D eigenvalue weighted by atomic mass is 16.5. The lowest BCUT2D eigenvalue weighted by Gasteiger charge is -2.19. The predicted octanol–water partition coefficient (Wildman–Crippen LogP) is 4.45. The number of rotatable bonds is 4. The van der Waals surface area contributed by atoms with Gasteiger partial charge in [-0.25, -0.2) is 4.79 Å². The van der Waals surface area contributed by atoms with Crippen LogP contribution in [-0.4, -0.2) is 17.2 Å². The second-order valence-electron chi connectivity index (χ2n) is 5.51. The number of aromatic carboxylic acids is 1. The molecule has 2 aromatic rings. The number of carboxylic acid groups (broad SMARTS) is 1. The van der Waals surface area contributed by atoms with Gasteiger partial charge in [0.2, 0.25) is 0 Å². The molecule has 0 aliphatic rings. The maximum absolute atomic E-state index is 11.5. The van der Waals surface area contributed by atoms with E-state index in [9.17, 15) is 9.90 Å². The van der Waals surface area contributed by atoms with E-state index in [0.717, 1.165) is 16.3 Å². The topological polar surface area (TPSA) is 46.5 Å². The van der Waals surface area contributed by atoms with Gasteiger partial charge in [-0.1, -0.05) is 38.1 Å². The molecule has 0 spiro atoms. The van der Waals surface area contributed by atoms with Gasteiger partial charge in [0, 0.05) is 5.39 Å².